The van der Waals surface area contributed by atoms with Gasteiger partial charge in [-0.15, -0.1) is 0 Å². The molecule has 3 aromatic rings. The van der Waals surface area contributed by atoms with E-state index in [4.69, 9.17) is 5.73 Å². The molecule has 0 radical (unpaired) electrons. The fourth-order valence-corrected chi connectivity index (χ4v) is 3.30. The number of nitrogens with zero attached hydrogens (tertiary/aromatic N) is 3. The first kappa shape index (κ1) is 14.4. The van der Waals surface area contributed by atoms with Crippen molar-refractivity contribution >= 4 is 26.8 Å². The first-order chi connectivity index (χ1) is 10.1. The molecule has 1 aromatic carbocycles. The fraction of sp³-hybridized carbons (Fsp3) is 0.312. The summed E-state index contributed by atoms with van der Waals surface area (Å²) in [5, 5.41) is 5.73. The number of aromatic nitrogens is 3. The maximum absolute atomic E-state index is 5.74. The third kappa shape index (κ3) is 2.51. The summed E-state index contributed by atoms with van der Waals surface area (Å²) in [5.74, 6) is 0. The topological polar surface area (TPSA) is 48.8 Å². The molecule has 0 aliphatic heterocycles. The number of hydrogen-bond donors (Lipinski definition) is 1. The molecule has 2 aromatic heterocycles. The van der Waals surface area contributed by atoms with Crippen molar-refractivity contribution in [3.05, 3.63) is 51.9 Å². The van der Waals surface area contributed by atoms with E-state index in [0.717, 1.165) is 23.1 Å². The van der Waals surface area contributed by atoms with Crippen molar-refractivity contribution in [1.82, 2.24) is 14.3 Å². The minimum atomic E-state index is 0.665. The molecule has 0 atom stereocenters. The van der Waals surface area contributed by atoms with Crippen LogP contribution in [0.4, 0.5) is 0 Å². The number of halogens is 1. The second-order valence-electron chi connectivity index (χ2n) is 5.31. The van der Waals surface area contributed by atoms with Gasteiger partial charge in [0.05, 0.1) is 27.9 Å². The summed E-state index contributed by atoms with van der Waals surface area (Å²) in [6, 6.07) is 8.57. The summed E-state index contributed by atoms with van der Waals surface area (Å²) in [6.07, 6.45) is 3.03. The molecular formula is C16H19BrN4. The molecule has 2 heterocycles. The quantitative estimate of drug-likeness (QED) is 0.789. The predicted octanol–water partition coefficient (Wildman–Crippen LogP) is 3.00. The number of nitrogens with two attached hydrogens (primary N) is 1. The van der Waals surface area contributed by atoms with Crippen LogP contribution in [0.1, 0.15) is 17.0 Å². The summed E-state index contributed by atoms with van der Waals surface area (Å²) in [4.78, 5) is 0. The Morgan fingerprint density at radius 2 is 2.10 bits per heavy atom. The van der Waals surface area contributed by atoms with Gasteiger partial charge in [0.2, 0.25) is 0 Å². The molecule has 3 rings (SSSR count). The van der Waals surface area contributed by atoms with Crippen molar-refractivity contribution in [2.24, 2.45) is 12.8 Å². The standard InChI is InChI=1S/C16H19BrN4/c1-11-15(17)14(20(2)19-11)10-21-9-7-13-5-3-4-12(6-8-18)16(13)21/h3-5,7,9H,6,8,10,18H2,1-2H3. The van der Waals surface area contributed by atoms with Gasteiger partial charge in [-0.1, -0.05) is 18.2 Å². The van der Waals surface area contributed by atoms with Gasteiger partial charge in [-0.3, -0.25) is 4.68 Å². The third-order valence-electron chi connectivity index (χ3n) is 3.87. The molecular weight excluding hydrogens is 328 g/mol. The smallest absolute Gasteiger partial charge is 0.0739 e. The van der Waals surface area contributed by atoms with E-state index in [2.05, 4.69) is 56.1 Å². The van der Waals surface area contributed by atoms with Crippen molar-refractivity contribution < 1.29 is 0 Å². The summed E-state index contributed by atoms with van der Waals surface area (Å²) in [5.41, 5.74) is 10.5. The Labute approximate surface area is 132 Å². The van der Waals surface area contributed by atoms with Crippen LogP contribution in [0.3, 0.4) is 0 Å². The Bertz CT molecular complexity index is 785. The zero-order chi connectivity index (χ0) is 15.0. The lowest BCUT2D eigenvalue weighted by Crippen LogP contribution is -2.08. The van der Waals surface area contributed by atoms with Gasteiger partial charge in [-0.05, 0) is 52.8 Å². The van der Waals surface area contributed by atoms with Crippen LogP contribution < -0.4 is 5.73 Å². The highest BCUT2D eigenvalue weighted by Gasteiger charge is 2.13. The van der Waals surface area contributed by atoms with E-state index in [1.807, 2.05) is 18.7 Å². The number of fused-ring (bicyclic) bond motifs is 1. The second kappa shape index (κ2) is 5.66. The Morgan fingerprint density at radius 1 is 1.29 bits per heavy atom. The molecule has 5 heteroatoms. The third-order valence-corrected chi connectivity index (χ3v) is 4.90. The molecule has 0 saturated carbocycles. The first-order valence-corrected chi connectivity index (χ1v) is 7.86. The lowest BCUT2D eigenvalue weighted by molar-refractivity contribution is 0.671. The number of rotatable bonds is 4. The lowest BCUT2D eigenvalue weighted by atomic mass is 10.1. The maximum Gasteiger partial charge on any atom is 0.0739 e. The van der Waals surface area contributed by atoms with Crippen LogP contribution in [0.5, 0.6) is 0 Å². The van der Waals surface area contributed by atoms with Crippen molar-refractivity contribution in [3.63, 3.8) is 0 Å². The van der Waals surface area contributed by atoms with Gasteiger partial charge in [0.15, 0.2) is 0 Å². The summed E-state index contributed by atoms with van der Waals surface area (Å²) < 4.78 is 5.31. The highest BCUT2D eigenvalue weighted by Crippen LogP contribution is 2.25. The number of aryl methyl sites for hydroxylation is 2. The zero-order valence-corrected chi connectivity index (χ0v) is 13.9. The Morgan fingerprint density at radius 3 is 2.76 bits per heavy atom. The van der Waals surface area contributed by atoms with E-state index in [1.165, 1.54) is 22.2 Å². The average Bonchev–Trinajstić information content (AvgIpc) is 2.97. The molecule has 0 aliphatic carbocycles. The van der Waals surface area contributed by atoms with Crippen LogP contribution in [-0.2, 0) is 20.0 Å². The molecule has 0 saturated heterocycles. The first-order valence-electron chi connectivity index (χ1n) is 7.06. The van der Waals surface area contributed by atoms with E-state index >= 15 is 0 Å². The second-order valence-corrected chi connectivity index (χ2v) is 6.10. The SMILES string of the molecule is Cc1nn(C)c(Cn2ccc3cccc(CCN)c32)c1Br. The monoisotopic (exact) mass is 346 g/mol. The van der Waals surface area contributed by atoms with Gasteiger partial charge >= 0.3 is 0 Å². The normalized spacial score (nSPS) is 11.4. The summed E-state index contributed by atoms with van der Waals surface area (Å²) >= 11 is 3.64. The molecule has 110 valence electrons. The van der Waals surface area contributed by atoms with Crippen LogP contribution in [0.2, 0.25) is 0 Å². The van der Waals surface area contributed by atoms with Crippen LogP contribution in [0, 0.1) is 6.92 Å². The zero-order valence-electron chi connectivity index (χ0n) is 12.3. The van der Waals surface area contributed by atoms with Gasteiger partial charge in [0.1, 0.15) is 0 Å². The molecule has 0 bridgehead atoms. The van der Waals surface area contributed by atoms with Gasteiger partial charge in [0, 0.05) is 13.2 Å². The van der Waals surface area contributed by atoms with Crippen molar-refractivity contribution in [1.29, 1.82) is 0 Å². The minimum Gasteiger partial charge on any atom is -0.341 e. The van der Waals surface area contributed by atoms with E-state index in [0.29, 0.717) is 6.54 Å². The fourth-order valence-electron chi connectivity index (χ4n) is 2.84. The van der Waals surface area contributed by atoms with E-state index in [1.54, 1.807) is 0 Å². The molecule has 2 N–H and O–H groups in total. The van der Waals surface area contributed by atoms with Gasteiger partial charge in [0.25, 0.3) is 0 Å². The lowest BCUT2D eigenvalue weighted by Gasteiger charge is -2.10. The average molecular weight is 347 g/mol. The Balaban J connectivity index is 2.08. The molecule has 0 unspecified atom stereocenters. The van der Waals surface area contributed by atoms with Crippen molar-refractivity contribution in [3.8, 4) is 0 Å². The van der Waals surface area contributed by atoms with Crippen LogP contribution in [0.15, 0.2) is 34.9 Å². The largest absolute Gasteiger partial charge is 0.341 e. The maximum atomic E-state index is 5.74. The molecule has 0 aliphatic rings. The molecule has 4 nitrogen and oxygen atoms in total. The van der Waals surface area contributed by atoms with Gasteiger partial charge < -0.3 is 10.3 Å². The van der Waals surface area contributed by atoms with Crippen LogP contribution in [0.25, 0.3) is 10.9 Å². The molecule has 0 amide bonds. The molecule has 21 heavy (non-hydrogen) atoms. The van der Waals surface area contributed by atoms with E-state index < -0.39 is 0 Å². The number of benzene rings is 1. The molecule has 0 spiro atoms. The van der Waals surface area contributed by atoms with Gasteiger partial charge in [-0.2, -0.15) is 5.10 Å². The highest BCUT2D eigenvalue weighted by molar-refractivity contribution is 9.10. The highest BCUT2D eigenvalue weighted by atomic mass is 79.9. The van der Waals surface area contributed by atoms with Crippen LogP contribution >= 0.6 is 15.9 Å². The van der Waals surface area contributed by atoms with E-state index in [-0.39, 0.29) is 0 Å². The molecule has 0 fully saturated rings. The summed E-state index contributed by atoms with van der Waals surface area (Å²) in [6.45, 7) is 3.48. The van der Waals surface area contributed by atoms with Crippen LogP contribution in [-0.4, -0.2) is 20.9 Å². The Kier molecular flexibility index (Phi) is 3.87. The van der Waals surface area contributed by atoms with Crippen molar-refractivity contribution in [2.45, 2.75) is 19.9 Å². The van der Waals surface area contributed by atoms with Gasteiger partial charge in [-0.25, -0.2) is 0 Å². The number of para-hydroxylation sites is 1. The minimum absolute atomic E-state index is 0.665. The predicted molar refractivity (Wildman–Crippen MR) is 89.4 cm³/mol. The number of hydrogen-bond acceptors (Lipinski definition) is 2. The summed E-state index contributed by atoms with van der Waals surface area (Å²) in [7, 11) is 1.99. The van der Waals surface area contributed by atoms with Crippen molar-refractivity contribution in [2.75, 3.05) is 6.54 Å². The Hall–Kier alpha value is -1.59. The van der Waals surface area contributed by atoms with E-state index in [9.17, 15) is 0 Å².